The number of anilines is 1. The van der Waals surface area contributed by atoms with E-state index in [1.54, 1.807) is 6.07 Å². The first-order valence-electron chi connectivity index (χ1n) is 8.00. The van der Waals surface area contributed by atoms with Crippen LogP contribution in [0, 0.1) is 5.82 Å². The monoisotopic (exact) mass is 377 g/mol. The van der Waals surface area contributed by atoms with Crippen molar-refractivity contribution in [3.05, 3.63) is 71.7 Å². The summed E-state index contributed by atoms with van der Waals surface area (Å²) in [4.78, 5) is 16.4. The Balaban J connectivity index is 1.67. The number of nitrogens with zero attached hydrogens (tertiary/aromatic N) is 1. The van der Waals surface area contributed by atoms with E-state index in [0.717, 1.165) is 12.1 Å². The van der Waals surface area contributed by atoms with Crippen LogP contribution in [-0.2, 0) is 17.4 Å². The molecule has 0 fully saturated rings. The largest absolute Gasteiger partial charge is 0.416 e. The highest BCUT2D eigenvalue weighted by atomic mass is 19.4. The van der Waals surface area contributed by atoms with Gasteiger partial charge in [0, 0.05) is 5.39 Å². The second-order valence-electron chi connectivity index (χ2n) is 6.06. The van der Waals surface area contributed by atoms with E-state index >= 15 is 0 Å². The van der Waals surface area contributed by atoms with Crippen LogP contribution in [0.2, 0.25) is 0 Å². The van der Waals surface area contributed by atoms with Crippen molar-refractivity contribution in [3.63, 3.8) is 0 Å². The predicted molar refractivity (Wildman–Crippen MR) is 93.5 cm³/mol. The molecule has 0 aliphatic rings. The summed E-state index contributed by atoms with van der Waals surface area (Å²) in [5, 5.41) is 3.10. The maximum absolute atomic E-state index is 13.3. The highest BCUT2D eigenvalue weighted by Gasteiger charge is 2.30. The number of pyridine rings is 1. The molecule has 1 aromatic heterocycles. The third-order valence-electron chi connectivity index (χ3n) is 3.98. The van der Waals surface area contributed by atoms with Crippen molar-refractivity contribution in [1.82, 2.24) is 4.98 Å². The van der Waals surface area contributed by atoms with Crippen LogP contribution in [0.5, 0.6) is 0 Å². The van der Waals surface area contributed by atoms with Crippen LogP contribution in [0.3, 0.4) is 0 Å². The summed E-state index contributed by atoms with van der Waals surface area (Å²) in [5.74, 6) is -0.945. The Kier molecular flexibility index (Phi) is 5.09. The first-order valence-corrected chi connectivity index (χ1v) is 8.00. The number of nitrogens with one attached hydrogen (secondary N) is 1. The molecule has 0 unspecified atom stereocenters. The van der Waals surface area contributed by atoms with Gasteiger partial charge in [-0.1, -0.05) is 12.1 Å². The number of carbonyl (C=O) groups excluding carboxylic acids is 1. The SMILES string of the molecule is N[C@H](Cc1ccc(C(F)(F)F)cc1)C(=O)Nc1cnc2ccc(F)cc2c1. The van der Waals surface area contributed by atoms with Gasteiger partial charge in [-0.3, -0.25) is 9.78 Å². The lowest BCUT2D eigenvalue weighted by atomic mass is 10.0. The number of amides is 1. The maximum atomic E-state index is 13.3. The van der Waals surface area contributed by atoms with Crippen LogP contribution in [0.1, 0.15) is 11.1 Å². The molecule has 3 aromatic rings. The molecular formula is C19H15F4N3O. The smallest absolute Gasteiger partial charge is 0.323 e. The Hall–Kier alpha value is -3.00. The molecule has 1 heterocycles. The lowest BCUT2D eigenvalue weighted by Crippen LogP contribution is -2.37. The van der Waals surface area contributed by atoms with Gasteiger partial charge in [0.15, 0.2) is 0 Å². The van der Waals surface area contributed by atoms with Crippen molar-refractivity contribution in [3.8, 4) is 0 Å². The Bertz CT molecular complexity index is 971. The van der Waals surface area contributed by atoms with Gasteiger partial charge in [0.25, 0.3) is 0 Å². The first kappa shape index (κ1) is 18.8. The summed E-state index contributed by atoms with van der Waals surface area (Å²) in [6.07, 6.45) is -2.93. The molecule has 0 aliphatic carbocycles. The number of aromatic nitrogens is 1. The summed E-state index contributed by atoms with van der Waals surface area (Å²) in [6, 6.07) is 9.16. The van der Waals surface area contributed by atoms with Crippen LogP contribution in [0.4, 0.5) is 23.2 Å². The van der Waals surface area contributed by atoms with E-state index in [4.69, 9.17) is 5.73 Å². The van der Waals surface area contributed by atoms with Gasteiger partial charge in [0.1, 0.15) is 5.82 Å². The topological polar surface area (TPSA) is 68.0 Å². The van der Waals surface area contributed by atoms with Crippen LogP contribution >= 0.6 is 0 Å². The molecule has 2 aromatic carbocycles. The lowest BCUT2D eigenvalue weighted by Gasteiger charge is -2.13. The molecule has 4 nitrogen and oxygen atoms in total. The summed E-state index contributed by atoms with van der Waals surface area (Å²) in [5.41, 5.74) is 6.50. The highest BCUT2D eigenvalue weighted by molar-refractivity contribution is 5.96. The fourth-order valence-corrected chi connectivity index (χ4v) is 2.58. The molecule has 140 valence electrons. The number of benzene rings is 2. The molecule has 0 saturated carbocycles. The second kappa shape index (κ2) is 7.32. The molecule has 1 atom stereocenters. The molecule has 0 spiro atoms. The minimum absolute atomic E-state index is 0.0691. The number of hydrogen-bond donors (Lipinski definition) is 2. The number of halogens is 4. The number of carbonyl (C=O) groups is 1. The Morgan fingerprint density at radius 1 is 1.11 bits per heavy atom. The van der Waals surface area contributed by atoms with Gasteiger partial charge >= 0.3 is 6.18 Å². The lowest BCUT2D eigenvalue weighted by molar-refractivity contribution is -0.137. The average Bonchev–Trinajstić information content (AvgIpc) is 2.61. The minimum atomic E-state index is -4.42. The van der Waals surface area contributed by atoms with Crippen LogP contribution < -0.4 is 11.1 Å². The molecule has 0 saturated heterocycles. The van der Waals surface area contributed by atoms with E-state index in [0.29, 0.717) is 22.2 Å². The third kappa shape index (κ3) is 4.59. The molecular weight excluding hydrogens is 362 g/mol. The zero-order valence-electron chi connectivity index (χ0n) is 13.9. The van der Waals surface area contributed by atoms with Crippen LogP contribution in [0.15, 0.2) is 54.7 Å². The quantitative estimate of drug-likeness (QED) is 0.678. The van der Waals surface area contributed by atoms with Gasteiger partial charge in [-0.2, -0.15) is 13.2 Å². The molecule has 3 N–H and O–H groups in total. The standard InChI is InChI=1S/C19H15F4N3O/c20-14-5-6-17-12(8-14)9-15(10-25-17)26-18(27)16(24)7-11-1-3-13(4-2-11)19(21,22)23/h1-6,8-10,16H,7,24H2,(H,26,27)/t16-/m1/s1. The van der Waals surface area contributed by atoms with Crippen molar-refractivity contribution in [2.75, 3.05) is 5.32 Å². The van der Waals surface area contributed by atoms with Gasteiger partial charge in [-0.25, -0.2) is 4.39 Å². The van der Waals surface area contributed by atoms with Gasteiger partial charge in [-0.05, 0) is 48.4 Å². The number of nitrogens with two attached hydrogens (primary N) is 1. The normalized spacial score (nSPS) is 12.8. The Morgan fingerprint density at radius 2 is 1.81 bits per heavy atom. The molecule has 0 radical (unpaired) electrons. The van der Waals surface area contributed by atoms with Gasteiger partial charge in [-0.15, -0.1) is 0 Å². The fourth-order valence-electron chi connectivity index (χ4n) is 2.58. The highest BCUT2D eigenvalue weighted by Crippen LogP contribution is 2.29. The van der Waals surface area contributed by atoms with Crippen LogP contribution in [-0.4, -0.2) is 16.9 Å². The second-order valence-corrected chi connectivity index (χ2v) is 6.06. The van der Waals surface area contributed by atoms with Gasteiger partial charge < -0.3 is 11.1 Å². The van der Waals surface area contributed by atoms with Crippen molar-refractivity contribution in [2.24, 2.45) is 5.73 Å². The van der Waals surface area contributed by atoms with E-state index in [9.17, 15) is 22.4 Å². The first-order chi connectivity index (χ1) is 12.7. The molecule has 27 heavy (non-hydrogen) atoms. The zero-order valence-corrected chi connectivity index (χ0v) is 13.9. The van der Waals surface area contributed by atoms with Crippen molar-refractivity contribution >= 4 is 22.5 Å². The zero-order chi connectivity index (χ0) is 19.6. The van der Waals surface area contributed by atoms with Crippen molar-refractivity contribution in [1.29, 1.82) is 0 Å². The van der Waals surface area contributed by atoms with E-state index < -0.39 is 29.5 Å². The molecule has 1 amide bonds. The van der Waals surface area contributed by atoms with Gasteiger partial charge in [0.05, 0.1) is 29.0 Å². The number of rotatable bonds is 4. The van der Waals surface area contributed by atoms with Crippen LogP contribution in [0.25, 0.3) is 10.9 Å². The number of alkyl halides is 3. The van der Waals surface area contributed by atoms with E-state index in [2.05, 4.69) is 10.3 Å². The molecule has 0 aliphatic heterocycles. The van der Waals surface area contributed by atoms with E-state index in [-0.39, 0.29) is 6.42 Å². The summed E-state index contributed by atoms with van der Waals surface area (Å²) in [6.45, 7) is 0. The summed E-state index contributed by atoms with van der Waals surface area (Å²) >= 11 is 0. The molecule has 0 bridgehead atoms. The fraction of sp³-hybridized carbons (Fsp3) is 0.158. The molecule has 8 heteroatoms. The molecule has 3 rings (SSSR count). The summed E-state index contributed by atoms with van der Waals surface area (Å²) < 4.78 is 51.0. The minimum Gasteiger partial charge on any atom is -0.323 e. The maximum Gasteiger partial charge on any atom is 0.416 e. The predicted octanol–water partition coefficient (Wildman–Crippen LogP) is 3.90. The number of fused-ring (bicyclic) bond motifs is 1. The number of hydrogen-bond acceptors (Lipinski definition) is 3. The van der Waals surface area contributed by atoms with Gasteiger partial charge in [0.2, 0.25) is 5.91 Å². The Morgan fingerprint density at radius 3 is 2.48 bits per heavy atom. The van der Waals surface area contributed by atoms with E-state index in [1.807, 2.05) is 0 Å². The van der Waals surface area contributed by atoms with Crippen molar-refractivity contribution in [2.45, 2.75) is 18.6 Å². The van der Waals surface area contributed by atoms with Crippen molar-refractivity contribution < 1.29 is 22.4 Å². The average molecular weight is 377 g/mol. The van der Waals surface area contributed by atoms with E-state index in [1.165, 1.54) is 36.5 Å². The summed E-state index contributed by atoms with van der Waals surface area (Å²) in [7, 11) is 0. The Labute approximate surface area is 152 Å². The third-order valence-corrected chi connectivity index (χ3v) is 3.98.